The first kappa shape index (κ1) is 21.7. The molecule has 1 aromatic rings. The average Bonchev–Trinajstić information content (AvgIpc) is 2.67. The number of Topliss-reactive ketones (excluding diaryl/α,β-unsaturated/α-hetero) is 1. The predicted octanol–water partition coefficient (Wildman–Crippen LogP) is -1.90. The SMILES string of the molecule is CC(=O)Cc1cc2c(cc1C)nc1c(=O)[nH]c(=O)nc-1n2C[C@@H](O)[C@@H](O)[C@@H](O)CO. The van der Waals surface area contributed by atoms with Crippen LogP contribution in [0.1, 0.15) is 18.1 Å². The van der Waals surface area contributed by atoms with E-state index < -0.39 is 36.2 Å². The molecule has 0 bridgehead atoms. The molecule has 0 saturated carbocycles. The van der Waals surface area contributed by atoms with Gasteiger partial charge in [-0.15, -0.1) is 0 Å². The molecule has 30 heavy (non-hydrogen) atoms. The number of hydrogen-bond donors (Lipinski definition) is 5. The van der Waals surface area contributed by atoms with Gasteiger partial charge in [-0.25, -0.2) is 9.78 Å². The van der Waals surface area contributed by atoms with Gasteiger partial charge < -0.3 is 25.0 Å². The van der Waals surface area contributed by atoms with Gasteiger partial charge in [0.1, 0.15) is 24.1 Å². The van der Waals surface area contributed by atoms with E-state index in [-0.39, 0.29) is 30.3 Å². The Morgan fingerprint density at radius 2 is 1.87 bits per heavy atom. The maximum Gasteiger partial charge on any atom is 0.349 e. The third-order valence-corrected chi connectivity index (χ3v) is 4.85. The fourth-order valence-electron chi connectivity index (χ4n) is 3.29. The molecule has 11 nitrogen and oxygen atoms in total. The van der Waals surface area contributed by atoms with E-state index in [4.69, 9.17) is 5.11 Å². The first-order chi connectivity index (χ1) is 14.1. The number of H-pyrrole nitrogens is 1. The Balaban J connectivity index is 2.29. The van der Waals surface area contributed by atoms with Crippen LogP contribution in [0, 0.1) is 6.92 Å². The normalized spacial score (nSPS) is 14.7. The van der Waals surface area contributed by atoms with Crippen LogP contribution in [0.2, 0.25) is 0 Å². The molecule has 2 aliphatic heterocycles. The Bertz CT molecular complexity index is 1190. The highest BCUT2D eigenvalue weighted by Gasteiger charge is 2.27. The van der Waals surface area contributed by atoms with Crippen molar-refractivity contribution < 1.29 is 25.2 Å². The van der Waals surface area contributed by atoms with E-state index in [9.17, 15) is 29.7 Å². The molecule has 0 unspecified atom stereocenters. The van der Waals surface area contributed by atoms with Crippen LogP contribution in [0.25, 0.3) is 22.6 Å². The summed E-state index contributed by atoms with van der Waals surface area (Å²) in [6, 6.07) is 3.31. The van der Waals surface area contributed by atoms with Gasteiger partial charge in [-0.05, 0) is 37.1 Å². The topological polar surface area (TPSA) is 179 Å². The molecule has 0 aliphatic carbocycles. The first-order valence-electron chi connectivity index (χ1n) is 9.21. The van der Waals surface area contributed by atoms with Gasteiger partial charge in [0.25, 0.3) is 5.56 Å². The average molecular weight is 418 g/mol. The summed E-state index contributed by atoms with van der Waals surface area (Å²) in [4.78, 5) is 45.8. The van der Waals surface area contributed by atoms with E-state index in [0.29, 0.717) is 16.6 Å². The molecule has 2 heterocycles. The second-order valence-corrected chi connectivity index (χ2v) is 7.22. The minimum absolute atomic E-state index is 0.0734. The summed E-state index contributed by atoms with van der Waals surface area (Å²) < 4.78 is 1.33. The van der Waals surface area contributed by atoms with Gasteiger partial charge in [0, 0.05) is 6.42 Å². The molecular formula is C19H22N4O7. The smallest absolute Gasteiger partial charge is 0.349 e. The van der Waals surface area contributed by atoms with Crippen LogP contribution in [0.5, 0.6) is 0 Å². The monoisotopic (exact) mass is 418 g/mol. The number of carbonyl (C=O) groups is 1. The molecule has 160 valence electrons. The van der Waals surface area contributed by atoms with Crippen molar-refractivity contribution >= 4 is 16.8 Å². The number of aliphatic hydroxyl groups is 4. The lowest BCUT2D eigenvalue weighted by Gasteiger charge is -2.25. The van der Waals surface area contributed by atoms with Crippen molar-refractivity contribution in [1.82, 2.24) is 19.5 Å². The molecule has 0 fully saturated rings. The lowest BCUT2D eigenvalue weighted by molar-refractivity contribution is -0.116. The van der Waals surface area contributed by atoms with E-state index in [1.54, 1.807) is 19.1 Å². The summed E-state index contributed by atoms with van der Waals surface area (Å²) in [6.45, 7) is 2.09. The second-order valence-electron chi connectivity index (χ2n) is 7.22. The molecule has 2 aliphatic rings. The number of aliphatic hydroxyl groups excluding tert-OH is 4. The summed E-state index contributed by atoms with van der Waals surface area (Å²) in [6.07, 6.45) is -4.72. The number of aryl methyl sites for hydroxylation is 1. The number of hydrogen-bond acceptors (Lipinski definition) is 9. The zero-order chi connectivity index (χ0) is 22.2. The minimum Gasteiger partial charge on any atom is -0.394 e. The number of carbonyl (C=O) groups excluding carboxylic acids is 1. The van der Waals surface area contributed by atoms with E-state index >= 15 is 0 Å². The molecule has 1 aromatic carbocycles. The molecule has 0 aromatic heterocycles. The summed E-state index contributed by atoms with van der Waals surface area (Å²) >= 11 is 0. The fourth-order valence-corrected chi connectivity index (χ4v) is 3.29. The minimum atomic E-state index is -1.70. The van der Waals surface area contributed by atoms with Crippen LogP contribution in [0.3, 0.4) is 0 Å². The first-order valence-corrected chi connectivity index (χ1v) is 9.21. The summed E-state index contributed by atoms with van der Waals surface area (Å²) in [5.74, 6) is -0.200. The Kier molecular flexibility index (Phi) is 6.08. The van der Waals surface area contributed by atoms with Crippen molar-refractivity contribution in [3.63, 3.8) is 0 Å². The number of nitrogens with zero attached hydrogens (tertiary/aromatic N) is 3. The van der Waals surface area contributed by atoms with Crippen LogP contribution in [-0.4, -0.2) is 70.6 Å². The van der Waals surface area contributed by atoms with Crippen molar-refractivity contribution in [2.24, 2.45) is 0 Å². The number of benzene rings is 1. The third kappa shape index (κ3) is 4.14. The molecule has 0 amide bonds. The van der Waals surface area contributed by atoms with Crippen molar-refractivity contribution in [2.75, 3.05) is 6.61 Å². The molecule has 3 rings (SSSR count). The van der Waals surface area contributed by atoms with Crippen LogP contribution in [-0.2, 0) is 17.8 Å². The van der Waals surface area contributed by atoms with Crippen molar-refractivity contribution in [3.05, 3.63) is 44.1 Å². The van der Waals surface area contributed by atoms with Crippen LogP contribution >= 0.6 is 0 Å². The Labute approximate surface area is 169 Å². The Morgan fingerprint density at radius 3 is 2.50 bits per heavy atom. The molecule has 0 radical (unpaired) electrons. The summed E-state index contributed by atoms with van der Waals surface area (Å²) in [5.41, 5.74) is 0.333. The maximum absolute atomic E-state index is 12.3. The highest BCUT2D eigenvalue weighted by Crippen LogP contribution is 2.25. The zero-order valence-electron chi connectivity index (χ0n) is 16.4. The number of aromatic amines is 1. The number of fused-ring (bicyclic) bond motifs is 2. The highest BCUT2D eigenvalue weighted by molar-refractivity contribution is 5.84. The quantitative estimate of drug-likeness (QED) is 0.274. The van der Waals surface area contributed by atoms with E-state index in [1.807, 2.05) is 4.98 Å². The lowest BCUT2D eigenvalue weighted by atomic mass is 10.0. The molecule has 0 spiro atoms. The Hall–Kier alpha value is -2.99. The van der Waals surface area contributed by atoms with Gasteiger partial charge in [0.15, 0.2) is 11.5 Å². The van der Waals surface area contributed by atoms with Crippen LogP contribution in [0.15, 0.2) is 21.7 Å². The molecule has 3 atom stereocenters. The van der Waals surface area contributed by atoms with Gasteiger partial charge in [-0.2, -0.15) is 4.98 Å². The lowest BCUT2D eigenvalue weighted by Crippen LogP contribution is -2.42. The van der Waals surface area contributed by atoms with Gasteiger partial charge in [-0.1, -0.05) is 0 Å². The molecule has 5 N–H and O–H groups in total. The van der Waals surface area contributed by atoms with Crippen LogP contribution < -0.4 is 11.2 Å². The standard InChI is InChI=1S/C19H22N4O7/c1-8-3-11-12(5-10(8)4-9(2)25)23(6-13(26)16(28)14(27)7-24)17-15(20-11)18(29)22-19(30)21-17/h3,5,13-14,16,24,26-28H,4,6-7H2,1-2H3,(H,22,29,30)/t13-,14+,16-/m1/s1. The Morgan fingerprint density at radius 1 is 1.17 bits per heavy atom. The van der Waals surface area contributed by atoms with Gasteiger partial charge in [-0.3, -0.25) is 14.6 Å². The second kappa shape index (κ2) is 8.40. The van der Waals surface area contributed by atoms with Gasteiger partial charge in [0.2, 0.25) is 0 Å². The third-order valence-electron chi connectivity index (χ3n) is 4.85. The van der Waals surface area contributed by atoms with Gasteiger partial charge in [0.05, 0.1) is 24.2 Å². The number of nitrogens with one attached hydrogen (secondary N) is 1. The van der Waals surface area contributed by atoms with E-state index in [2.05, 4.69) is 9.97 Å². The van der Waals surface area contributed by atoms with Gasteiger partial charge >= 0.3 is 5.69 Å². The molecule has 0 saturated heterocycles. The number of aromatic nitrogens is 4. The number of rotatable bonds is 7. The molecular weight excluding hydrogens is 396 g/mol. The van der Waals surface area contributed by atoms with Crippen molar-refractivity contribution in [3.8, 4) is 11.5 Å². The number of ketones is 1. The van der Waals surface area contributed by atoms with Crippen molar-refractivity contribution in [1.29, 1.82) is 0 Å². The van der Waals surface area contributed by atoms with Crippen LogP contribution in [0.4, 0.5) is 0 Å². The highest BCUT2D eigenvalue weighted by atomic mass is 16.4. The van der Waals surface area contributed by atoms with E-state index in [1.165, 1.54) is 11.5 Å². The maximum atomic E-state index is 12.3. The fraction of sp³-hybridized carbons (Fsp3) is 0.421. The largest absolute Gasteiger partial charge is 0.394 e. The molecule has 11 heteroatoms. The summed E-state index contributed by atoms with van der Waals surface area (Å²) in [5, 5.41) is 39.1. The zero-order valence-corrected chi connectivity index (χ0v) is 16.4. The van der Waals surface area contributed by atoms with Crippen molar-refractivity contribution in [2.45, 2.75) is 45.1 Å². The predicted molar refractivity (Wildman–Crippen MR) is 105 cm³/mol. The summed E-state index contributed by atoms with van der Waals surface area (Å²) in [7, 11) is 0. The van der Waals surface area contributed by atoms with E-state index in [0.717, 1.165) is 5.56 Å².